The summed E-state index contributed by atoms with van der Waals surface area (Å²) < 4.78 is 9.57. The second-order valence-electron chi connectivity index (χ2n) is 1.59. The highest BCUT2D eigenvalue weighted by Crippen LogP contribution is 2.07. The maximum absolute atomic E-state index is 5.02. The third kappa shape index (κ3) is 2.09. The lowest BCUT2D eigenvalue weighted by Gasteiger charge is -1.96. The Balaban J connectivity index is 1.95. The normalized spacial score (nSPS) is 24.8. The second kappa shape index (κ2) is 2.28. The highest BCUT2D eigenvalue weighted by atomic mass is 32.1. The molecule has 0 amide bonds. The zero-order valence-corrected chi connectivity index (χ0v) is 5.11. The SMILES string of the molecule is NC(=S)OCC1CO1. The first-order chi connectivity index (χ1) is 3.79. The van der Waals surface area contributed by atoms with Crippen LogP contribution in [0.15, 0.2) is 0 Å². The molecule has 1 rings (SSSR count). The van der Waals surface area contributed by atoms with Gasteiger partial charge in [0.25, 0.3) is 5.17 Å². The molecule has 0 aliphatic carbocycles. The van der Waals surface area contributed by atoms with Crippen molar-refractivity contribution in [2.24, 2.45) is 5.73 Å². The van der Waals surface area contributed by atoms with Crippen LogP contribution >= 0.6 is 12.2 Å². The minimum Gasteiger partial charge on any atom is -0.468 e. The molecule has 0 aromatic rings. The summed E-state index contributed by atoms with van der Waals surface area (Å²) >= 11 is 4.44. The van der Waals surface area contributed by atoms with Crippen molar-refractivity contribution in [2.75, 3.05) is 13.2 Å². The van der Waals surface area contributed by atoms with Gasteiger partial charge in [-0.3, -0.25) is 0 Å². The number of rotatable bonds is 2. The minimum absolute atomic E-state index is 0.0977. The van der Waals surface area contributed by atoms with Gasteiger partial charge >= 0.3 is 0 Å². The van der Waals surface area contributed by atoms with Gasteiger partial charge in [-0.2, -0.15) is 0 Å². The topological polar surface area (TPSA) is 47.8 Å². The van der Waals surface area contributed by atoms with Crippen molar-refractivity contribution in [3.8, 4) is 0 Å². The minimum atomic E-state index is 0.0977. The van der Waals surface area contributed by atoms with Crippen molar-refractivity contribution in [3.05, 3.63) is 0 Å². The molecule has 0 spiro atoms. The van der Waals surface area contributed by atoms with E-state index in [1.165, 1.54) is 0 Å². The summed E-state index contributed by atoms with van der Waals surface area (Å²) in [5.41, 5.74) is 5.02. The maximum atomic E-state index is 5.02. The van der Waals surface area contributed by atoms with Gasteiger partial charge in [0.15, 0.2) is 0 Å². The molecular weight excluding hydrogens is 126 g/mol. The van der Waals surface area contributed by atoms with E-state index in [4.69, 9.17) is 15.2 Å². The molecule has 4 heteroatoms. The van der Waals surface area contributed by atoms with Crippen molar-refractivity contribution in [2.45, 2.75) is 6.10 Å². The van der Waals surface area contributed by atoms with E-state index in [0.717, 1.165) is 6.61 Å². The molecule has 1 aliphatic rings. The summed E-state index contributed by atoms with van der Waals surface area (Å²) in [5.74, 6) is 0. The Bertz CT molecular complexity index is 102. The summed E-state index contributed by atoms with van der Waals surface area (Å²) in [6.45, 7) is 1.29. The average molecular weight is 133 g/mol. The number of nitrogens with two attached hydrogens (primary N) is 1. The average Bonchev–Trinajstić information content (AvgIpc) is 2.41. The lowest BCUT2D eigenvalue weighted by atomic mass is 10.5. The van der Waals surface area contributed by atoms with E-state index in [1.807, 2.05) is 0 Å². The predicted molar refractivity (Wildman–Crippen MR) is 32.5 cm³/mol. The van der Waals surface area contributed by atoms with Crippen molar-refractivity contribution < 1.29 is 9.47 Å². The van der Waals surface area contributed by atoms with Crippen LogP contribution in [0, 0.1) is 0 Å². The van der Waals surface area contributed by atoms with Crippen LogP contribution < -0.4 is 5.73 Å². The zero-order valence-electron chi connectivity index (χ0n) is 4.29. The summed E-state index contributed by atoms with van der Waals surface area (Å²) in [4.78, 5) is 0. The summed E-state index contributed by atoms with van der Waals surface area (Å²) in [6, 6.07) is 0. The van der Waals surface area contributed by atoms with Crippen molar-refractivity contribution in [1.82, 2.24) is 0 Å². The molecule has 1 aliphatic heterocycles. The highest BCUT2D eigenvalue weighted by molar-refractivity contribution is 7.80. The predicted octanol–water partition coefficient (Wildman–Crippen LogP) is -0.355. The number of ether oxygens (including phenoxy) is 2. The van der Waals surface area contributed by atoms with Gasteiger partial charge in [-0.1, -0.05) is 0 Å². The zero-order chi connectivity index (χ0) is 5.98. The summed E-state index contributed by atoms with van der Waals surface area (Å²) in [7, 11) is 0. The number of hydrogen-bond acceptors (Lipinski definition) is 3. The summed E-state index contributed by atoms with van der Waals surface area (Å²) in [5, 5.41) is 0.0977. The molecular formula is C4H7NO2S. The largest absolute Gasteiger partial charge is 0.468 e. The molecule has 0 saturated carbocycles. The van der Waals surface area contributed by atoms with Crippen LogP contribution in [0.3, 0.4) is 0 Å². The maximum Gasteiger partial charge on any atom is 0.254 e. The quantitative estimate of drug-likeness (QED) is 0.413. The fourth-order valence-electron chi connectivity index (χ4n) is 0.339. The Morgan fingerprint density at radius 2 is 2.62 bits per heavy atom. The van der Waals surface area contributed by atoms with Gasteiger partial charge in [0.1, 0.15) is 12.7 Å². The standard InChI is InChI=1S/C4H7NO2S/c5-4(8)7-2-3-1-6-3/h3H,1-2H2,(H2,5,8). The van der Waals surface area contributed by atoms with Crippen molar-refractivity contribution in [3.63, 3.8) is 0 Å². The molecule has 0 aromatic heterocycles. The number of epoxide rings is 1. The Morgan fingerprint density at radius 1 is 2.00 bits per heavy atom. The van der Waals surface area contributed by atoms with Gasteiger partial charge in [0, 0.05) is 0 Å². The van der Waals surface area contributed by atoms with Crippen LogP contribution in [0.25, 0.3) is 0 Å². The molecule has 0 aromatic carbocycles. The highest BCUT2D eigenvalue weighted by Gasteiger charge is 2.22. The molecule has 46 valence electrons. The Kier molecular flexibility index (Phi) is 1.65. The molecule has 1 atom stereocenters. The molecule has 1 fully saturated rings. The third-order valence-electron chi connectivity index (χ3n) is 0.814. The van der Waals surface area contributed by atoms with Gasteiger partial charge in [-0.15, -0.1) is 0 Å². The molecule has 1 unspecified atom stereocenters. The van der Waals surface area contributed by atoms with Crippen LogP contribution in [-0.2, 0) is 9.47 Å². The van der Waals surface area contributed by atoms with Crippen LogP contribution in [0.2, 0.25) is 0 Å². The van der Waals surface area contributed by atoms with Gasteiger partial charge < -0.3 is 15.2 Å². The summed E-state index contributed by atoms with van der Waals surface area (Å²) in [6.07, 6.45) is 0.247. The molecule has 1 heterocycles. The lowest BCUT2D eigenvalue weighted by molar-refractivity contribution is 0.255. The van der Waals surface area contributed by atoms with Crippen molar-refractivity contribution in [1.29, 1.82) is 0 Å². The van der Waals surface area contributed by atoms with E-state index in [-0.39, 0.29) is 11.3 Å². The molecule has 0 radical (unpaired) electrons. The molecule has 0 bridgehead atoms. The molecule has 2 N–H and O–H groups in total. The molecule has 3 nitrogen and oxygen atoms in total. The first-order valence-corrected chi connectivity index (χ1v) is 2.73. The van der Waals surface area contributed by atoms with Crippen LogP contribution in [0.1, 0.15) is 0 Å². The van der Waals surface area contributed by atoms with Crippen molar-refractivity contribution >= 4 is 17.4 Å². The van der Waals surface area contributed by atoms with Gasteiger partial charge in [0.05, 0.1) is 6.61 Å². The van der Waals surface area contributed by atoms with Gasteiger partial charge in [-0.25, -0.2) is 0 Å². The number of thiocarbonyl (C=S) groups is 1. The monoisotopic (exact) mass is 133 g/mol. The van der Waals surface area contributed by atoms with E-state index in [2.05, 4.69) is 12.2 Å². The second-order valence-corrected chi connectivity index (χ2v) is 1.99. The fraction of sp³-hybridized carbons (Fsp3) is 0.750. The van der Waals surface area contributed by atoms with Crippen LogP contribution in [0.4, 0.5) is 0 Å². The van der Waals surface area contributed by atoms with Gasteiger partial charge in [0.2, 0.25) is 0 Å². The Labute approximate surface area is 52.8 Å². The lowest BCUT2D eigenvalue weighted by Crippen LogP contribution is -2.15. The van der Waals surface area contributed by atoms with E-state index < -0.39 is 0 Å². The Hall–Kier alpha value is -0.350. The molecule has 8 heavy (non-hydrogen) atoms. The van der Waals surface area contributed by atoms with E-state index in [9.17, 15) is 0 Å². The van der Waals surface area contributed by atoms with E-state index >= 15 is 0 Å². The van der Waals surface area contributed by atoms with E-state index in [0.29, 0.717) is 6.61 Å². The first-order valence-electron chi connectivity index (χ1n) is 2.33. The van der Waals surface area contributed by atoms with Crippen LogP contribution in [-0.4, -0.2) is 24.5 Å². The fourth-order valence-corrected chi connectivity index (χ4v) is 0.407. The molecule has 1 saturated heterocycles. The van der Waals surface area contributed by atoms with Crippen LogP contribution in [0.5, 0.6) is 0 Å². The smallest absolute Gasteiger partial charge is 0.254 e. The number of hydrogen-bond donors (Lipinski definition) is 1. The van der Waals surface area contributed by atoms with E-state index in [1.54, 1.807) is 0 Å². The first kappa shape index (κ1) is 5.78. The Morgan fingerprint density at radius 3 is 3.00 bits per heavy atom. The third-order valence-corrected chi connectivity index (χ3v) is 0.932. The van der Waals surface area contributed by atoms with Gasteiger partial charge in [-0.05, 0) is 12.2 Å².